The Morgan fingerprint density at radius 1 is 1.25 bits per heavy atom. The molecule has 1 aliphatic heterocycles. The van der Waals surface area contributed by atoms with Gasteiger partial charge in [0.15, 0.2) is 14.5 Å². The van der Waals surface area contributed by atoms with Crippen molar-refractivity contribution in [3.63, 3.8) is 0 Å². The summed E-state index contributed by atoms with van der Waals surface area (Å²) in [6, 6.07) is 10.4. The Kier molecular flexibility index (Phi) is 8.36. The molecule has 0 spiro atoms. The number of aromatic amines is 1. The van der Waals surface area contributed by atoms with Gasteiger partial charge in [-0.2, -0.15) is 0 Å². The zero-order valence-corrected chi connectivity index (χ0v) is 22.0. The molecule has 11 nitrogen and oxygen atoms in total. The van der Waals surface area contributed by atoms with Crippen LogP contribution in [-0.2, 0) is 25.3 Å². The third kappa shape index (κ3) is 6.41. The van der Waals surface area contributed by atoms with Crippen LogP contribution in [0.1, 0.15) is 32.6 Å². The third-order valence-electron chi connectivity index (χ3n) is 6.44. The highest BCUT2D eigenvalue weighted by molar-refractivity contribution is 6.74. The number of rotatable bonds is 8. The fourth-order valence-corrected chi connectivity index (χ4v) is 4.71. The van der Waals surface area contributed by atoms with Gasteiger partial charge in [0, 0.05) is 23.3 Å². The Hall–Kier alpha value is -3.44. The van der Waals surface area contributed by atoms with Crippen LogP contribution in [0.3, 0.4) is 0 Å². The number of aromatic nitrogens is 2. The minimum Gasteiger partial charge on any atom is -0.458 e. The zero-order valence-electron chi connectivity index (χ0n) is 21.0. The van der Waals surface area contributed by atoms with Crippen molar-refractivity contribution in [1.29, 1.82) is 0 Å². The third-order valence-corrected chi connectivity index (χ3v) is 10.9. The smallest absolute Gasteiger partial charge is 0.331 e. The maximum atomic E-state index is 12.8. The predicted molar refractivity (Wildman–Crippen MR) is 136 cm³/mol. The molecule has 1 aromatic heterocycles. The molecule has 36 heavy (non-hydrogen) atoms. The molecule has 2 heterocycles. The summed E-state index contributed by atoms with van der Waals surface area (Å²) in [4.78, 5) is 42.1. The lowest BCUT2D eigenvalue weighted by molar-refractivity contribution is -0.139. The van der Waals surface area contributed by atoms with E-state index >= 15 is 0 Å². The van der Waals surface area contributed by atoms with E-state index in [1.807, 2.05) is 43.4 Å². The van der Waals surface area contributed by atoms with E-state index in [1.165, 1.54) is 22.9 Å². The molecular formula is C24H31N5O6Si. The Balaban J connectivity index is 2.03. The summed E-state index contributed by atoms with van der Waals surface area (Å²) in [5, 5.41) is 3.42. The molecule has 1 aromatic carbocycles. The molecule has 192 valence electrons. The predicted octanol–water partition coefficient (Wildman–Crippen LogP) is 3.80. The van der Waals surface area contributed by atoms with Gasteiger partial charge in [-0.25, -0.2) is 9.59 Å². The average molecular weight is 514 g/mol. The molecule has 12 heteroatoms. The second kappa shape index (κ2) is 11.1. The molecule has 0 radical (unpaired) electrons. The number of carbonyl (C=O) groups excluding carboxylic acids is 1. The minimum atomic E-state index is -2.46. The lowest BCUT2D eigenvalue weighted by atomic mass is 10.1. The first kappa shape index (κ1) is 27.1. The highest BCUT2D eigenvalue weighted by Crippen LogP contribution is 2.43. The molecule has 1 saturated heterocycles. The molecule has 3 rings (SSSR count). The number of hydrogen-bond donors (Lipinski definition) is 1. The van der Waals surface area contributed by atoms with Crippen molar-refractivity contribution in [2.75, 3.05) is 6.54 Å². The monoisotopic (exact) mass is 513 g/mol. The molecule has 3 atom stereocenters. The maximum Gasteiger partial charge on any atom is 0.331 e. The number of azide groups is 1. The maximum absolute atomic E-state index is 12.8. The lowest BCUT2D eigenvalue weighted by Gasteiger charge is -2.39. The Bertz CT molecular complexity index is 1270. The van der Waals surface area contributed by atoms with E-state index in [4.69, 9.17) is 19.4 Å². The molecular weight excluding hydrogens is 482 g/mol. The Labute approximate surface area is 209 Å². The topological polar surface area (TPSA) is 148 Å². The van der Waals surface area contributed by atoms with Crippen molar-refractivity contribution in [3.8, 4) is 0 Å². The fourth-order valence-electron chi connectivity index (χ4n) is 3.47. The highest BCUT2D eigenvalue weighted by atomic mass is 28.4. The van der Waals surface area contributed by atoms with Crippen LogP contribution >= 0.6 is 0 Å². The van der Waals surface area contributed by atoms with Gasteiger partial charge < -0.3 is 13.9 Å². The second-order valence-corrected chi connectivity index (χ2v) is 14.7. The molecule has 0 amide bonds. The van der Waals surface area contributed by atoms with Crippen molar-refractivity contribution in [2.45, 2.75) is 63.9 Å². The Morgan fingerprint density at radius 2 is 1.94 bits per heavy atom. The van der Waals surface area contributed by atoms with Gasteiger partial charge in [0.2, 0.25) is 0 Å². The lowest BCUT2D eigenvalue weighted by Crippen LogP contribution is -2.47. The van der Waals surface area contributed by atoms with E-state index < -0.39 is 44.0 Å². The van der Waals surface area contributed by atoms with Crippen molar-refractivity contribution < 1.29 is 18.7 Å². The largest absolute Gasteiger partial charge is 0.458 e. The van der Waals surface area contributed by atoms with Gasteiger partial charge in [0.05, 0.1) is 12.6 Å². The van der Waals surface area contributed by atoms with E-state index in [-0.39, 0.29) is 18.2 Å². The first-order chi connectivity index (χ1) is 16.9. The molecule has 0 unspecified atom stereocenters. The SMILES string of the molecule is CC(C)(C)[Si](C)(C)O[C@@H]1/C(=C/C(=O)OCc2ccccc2)[C@@H](CN=[N+]=[N-])O[C@H]1n1ccc(=O)[nH]c1=O. The van der Waals surface area contributed by atoms with E-state index in [1.54, 1.807) is 0 Å². The first-order valence-electron chi connectivity index (χ1n) is 11.5. The van der Waals surface area contributed by atoms with Crippen LogP contribution in [0.25, 0.3) is 10.4 Å². The normalized spacial score (nSPS) is 21.2. The number of carbonyl (C=O) groups is 1. The first-order valence-corrected chi connectivity index (χ1v) is 14.4. The molecule has 2 aromatic rings. The number of ether oxygens (including phenoxy) is 2. The number of benzene rings is 1. The van der Waals surface area contributed by atoms with Crippen molar-refractivity contribution in [2.24, 2.45) is 5.11 Å². The summed E-state index contributed by atoms with van der Waals surface area (Å²) in [5.41, 5.74) is 8.87. The van der Waals surface area contributed by atoms with E-state index in [9.17, 15) is 14.4 Å². The van der Waals surface area contributed by atoms with Crippen LogP contribution in [0.15, 0.2) is 68.9 Å². The molecule has 0 bridgehead atoms. The molecule has 1 fully saturated rings. The molecule has 1 aliphatic rings. The summed E-state index contributed by atoms with van der Waals surface area (Å²) in [6.45, 7) is 10.2. The van der Waals surface area contributed by atoms with Crippen molar-refractivity contribution in [3.05, 3.63) is 91.1 Å². The molecule has 0 aliphatic carbocycles. The number of hydrogen-bond acceptors (Lipinski definition) is 7. The minimum absolute atomic E-state index is 0.0713. The van der Waals surface area contributed by atoms with Gasteiger partial charge in [-0.05, 0) is 34.8 Å². The van der Waals surface area contributed by atoms with E-state index in [0.29, 0.717) is 5.57 Å². The number of H-pyrrole nitrogens is 1. The standard InChI is InChI=1S/C24H31N5O6Si/c1-24(2,3)36(4,5)35-21-17(13-20(31)33-15-16-9-7-6-8-10-16)18(14-26-28-25)34-22(21)29-12-11-19(30)27-23(29)32/h6-13,18,21-22H,14-15H2,1-5H3,(H,27,30,32)/b17-13+/t18-,21-,22-/m1/s1. The van der Waals surface area contributed by atoms with Crippen molar-refractivity contribution >= 4 is 14.3 Å². The molecule has 1 N–H and O–H groups in total. The van der Waals surface area contributed by atoms with Crippen LogP contribution in [0.5, 0.6) is 0 Å². The summed E-state index contributed by atoms with van der Waals surface area (Å²) in [5.74, 6) is -0.623. The van der Waals surface area contributed by atoms with Gasteiger partial charge in [-0.3, -0.25) is 14.3 Å². The van der Waals surface area contributed by atoms with E-state index in [0.717, 1.165) is 5.56 Å². The Morgan fingerprint density at radius 3 is 2.56 bits per heavy atom. The zero-order chi connectivity index (χ0) is 26.5. The van der Waals surface area contributed by atoms with Crippen LogP contribution in [0, 0.1) is 0 Å². The summed E-state index contributed by atoms with van der Waals surface area (Å²) >= 11 is 0. The highest BCUT2D eigenvalue weighted by Gasteiger charge is 2.48. The van der Waals surface area contributed by atoms with Gasteiger partial charge in [0.25, 0.3) is 5.56 Å². The quantitative estimate of drug-likeness (QED) is 0.142. The summed E-state index contributed by atoms with van der Waals surface area (Å²) < 4.78 is 19.4. The van der Waals surface area contributed by atoms with E-state index in [2.05, 4.69) is 35.8 Å². The number of nitrogens with one attached hydrogen (secondary N) is 1. The van der Waals surface area contributed by atoms with Gasteiger partial charge in [0.1, 0.15) is 12.7 Å². The number of esters is 1. The van der Waals surface area contributed by atoms with Crippen LogP contribution in [-0.4, -0.2) is 42.6 Å². The van der Waals surface area contributed by atoms with Crippen LogP contribution in [0.2, 0.25) is 18.1 Å². The van der Waals surface area contributed by atoms with Crippen LogP contribution < -0.4 is 11.2 Å². The van der Waals surface area contributed by atoms with Gasteiger partial charge in [-0.1, -0.05) is 56.2 Å². The summed E-state index contributed by atoms with van der Waals surface area (Å²) in [6.07, 6.45) is -0.110. The number of nitrogens with zero attached hydrogens (tertiary/aromatic N) is 4. The fraction of sp³-hybridized carbons (Fsp3) is 0.458. The molecule has 0 saturated carbocycles. The van der Waals surface area contributed by atoms with Crippen LogP contribution in [0.4, 0.5) is 0 Å². The average Bonchev–Trinajstić information content (AvgIpc) is 3.12. The van der Waals surface area contributed by atoms with Crippen molar-refractivity contribution in [1.82, 2.24) is 9.55 Å². The summed E-state index contributed by atoms with van der Waals surface area (Å²) in [7, 11) is -2.46. The second-order valence-electron chi connectivity index (χ2n) is 9.98. The van der Waals surface area contributed by atoms with Gasteiger partial charge >= 0.3 is 11.7 Å². The van der Waals surface area contributed by atoms with Gasteiger partial charge in [-0.15, -0.1) is 0 Å².